The van der Waals surface area contributed by atoms with Crippen LogP contribution in [0.4, 0.5) is 0 Å². The Morgan fingerprint density at radius 2 is 1.93 bits per heavy atom. The number of aliphatic hydroxyl groups excluding tert-OH is 1. The zero-order valence-corrected chi connectivity index (χ0v) is 16.2. The number of hydrogen-bond donors (Lipinski definition) is 5. The first-order chi connectivity index (χ1) is 13.3. The van der Waals surface area contributed by atoms with Gasteiger partial charge in [-0.2, -0.15) is 0 Å². The summed E-state index contributed by atoms with van der Waals surface area (Å²) in [6.07, 6.45) is 6.84. The fourth-order valence-corrected chi connectivity index (χ4v) is 3.86. The average Bonchev–Trinajstić information content (AvgIpc) is 2.67. The van der Waals surface area contributed by atoms with Gasteiger partial charge in [0.2, 0.25) is 5.91 Å². The van der Waals surface area contributed by atoms with Gasteiger partial charge in [0.25, 0.3) is 0 Å². The monoisotopic (exact) mass is 385 g/mol. The number of nitrogens with zero attached hydrogens (tertiary/aromatic N) is 2. The smallest absolute Gasteiger partial charge is 0.244 e. The molecule has 28 heavy (non-hydrogen) atoms. The molecule has 0 atom stereocenters. The van der Waals surface area contributed by atoms with E-state index in [1.165, 1.54) is 0 Å². The van der Waals surface area contributed by atoms with Gasteiger partial charge in [0, 0.05) is 24.0 Å². The first-order valence-corrected chi connectivity index (χ1v) is 9.74. The minimum atomic E-state index is -1.00. The molecule has 1 saturated carbocycles. The Balaban J connectivity index is 1.65. The minimum Gasteiger partial charge on any atom is -0.393 e. The van der Waals surface area contributed by atoms with Gasteiger partial charge in [0.15, 0.2) is 5.82 Å². The zero-order chi connectivity index (χ0) is 19.9. The van der Waals surface area contributed by atoms with E-state index in [0.29, 0.717) is 11.5 Å². The molecule has 1 aromatic rings. The summed E-state index contributed by atoms with van der Waals surface area (Å²) in [7, 11) is 0. The Hall–Kier alpha value is -2.58. The predicted molar refractivity (Wildman–Crippen MR) is 104 cm³/mol. The molecular formula is C20H27N5O3. The fraction of sp³-hybridized carbons (Fsp3) is 0.500. The first-order valence-electron chi connectivity index (χ1n) is 9.74. The Kier molecular flexibility index (Phi) is 4.76. The van der Waals surface area contributed by atoms with Crippen molar-refractivity contribution in [1.82, 2.24) is 25.8 Å². The van der Waals surface area contributed by atoms with E-state index >= 15 is 0 Å². The van der Waals surface area contributed by atoms with E-state index in [2.05, 4.69) is 25.8 Å². The summed E-state index contributed by atoms with van der Waals surface area (Å²) in [5.74, 6) is 1.39. The number of aromatic nitrogens is 1. The summed E-state index contributed by atoms with van der Waals surface area (Å²) in [6, 6.07) is 3.96. The van der Waals surface area contributed by atoms with Gasteiger partial charge in [-0.3, -0.25) is 9.78 Å². The molecule has 1 aliphatic carbocycles. The van der Waals surface area contributed by atoms with Gasteiger partial charge in [-0.15, -0.1) is 0 Å². The molecule has 150 valence electrons. The molecule has 1 aromatic heterocycles. The molecule has 2 aliphatic heterocycles. The lowest BCUT2D eigenvalue weighted by atomic mass is 9.91. The molecule has 8 heteroatoms. The molecule has 3 aliphatic rings. The fourth-order valence-electron chi connectivity index (χ4n) is 3.86. The van der Waals surface area contributed by atoms with Crippen molar-refractivity contribution in [3.63, 3.8) is 0 Å². The molecule has 0 radical (unpaired) electrons. The van der Waals surface area contributed by atoms with Crippen molar-refractivity contribution in [1.29, 1.82) is 0 Å². The molecule has 1 amide bonds. The van der Waals surface area contributed by atoms with Crippen molar-refractivity contribution in [3.05, 3.63) is 47.4 Å². The highest BCUT2D eigenvalue weighted by Gasteiger charge is 2.32. The number of aliphatic hydroxyl groups is 2. The van der Waals surface area contributed by atoms with E-state index in [1.807, 2.05) is 12.3 Å². The zero-order valence-electron chi connectivity index (χ0n) is 16.2. The van der Waals surface area contributed by atoms with E-state index in [0.717, 1.165) is 42.8 Å². The summed E-state index contributed by atoms with van der Waals surface area (Å²) in [5, 5.41) is 29.4. The standard InChI is InChI=1S/C20H27N5O3/c1-20(2,28)16-8-3-12(9-21-16)15-11-25(13-4-6-14(26)7-5-13)19-18(23-15)24-17(27)10-22-19/h3,8-9,11,13-14,22-23,26,28H,4-7,10H2,1-2H3,(H,24,27). The maximum absolute atomic E-state index is 11.9. The summed E-state index contributed by atoms with van der Waals surface area (Å²) in [6.45, 7) is 3.64. The van der Waals surface area contributed by atoms with Gasteiger partial charge in [0.05, 0.1) is 24.0 Å². The summed E-state index contributed by atoms with van der Waals surface area (Å²) >= 11 is 0. The maximum Gasteiger partial charge on any atom is 0.244 e. The third kappa shape index (κ3) is 3.70. The van der Waals surface area contributed by atoms with Gasteiger partial charge >= 0.3 is 0 Å². The maximum atomic E-state index is 11.9. The second-order valence-electron chi connectivity index (χ2n) is 8.15. The van der Waals surface area contributed by atoms with Crippen molar-refractivity contribution in [2.45, 2.75) is 57.3 Å². The van der Waals surface area contributed by atoms with E-state index in [9.17, 15) is 15.0 Å². The first kappa shape index (κ1) is 18.8. The lowest BCUT2D eigenvalue weighted by molar-refractivity contribution is -0.120. The van der Waals surface area contributed by atoms with Crippen molar-refractivity contribution in [2.24, 2.45) is 0 Å². The van der Waals surface area contributed by atoms with E-state index in [-0.39, 0.29) is 24.6 Å². The SMILES string of the molecule is CC(C)(O)c1ccc(C2=CN(C3CCC(O)CC3)C3=C(NC(=O)CN3)N2)cn1. The van der Waals surface area contributed by atoms with E-state index in [1.54, 1.807) is 26.1 Å². The average molecular weight is 385 g/mol. The second kappa shape index (κ2) is 7.10. The van der Waals surface area contributed by atoms with Gasteiger partial charge in [-0.1, -0.05) is 0 Å². The van der Waals surface area contributed by atoms with Gasteiger partial charge in [-0.25, -0.2) is 0 Å². The summed E-state index contributed by atoms with van der Waals surface area (Å²) in [4.78, 5) is 18.4. The number of hydrogen-bond acceptors (Lipinski definition) is 7. The third-order valence-electron chi connectivity index (χ3n) is 5.46. The minimum absolute atomic E-state index is 0.0954. The van der Waals surface area contributed by atoms with Crippen molar-refractivity contribution in [2.75, 3.05) is 6.54 Å². The van der Waals surface area contributed by atoms with Crippen molar-refractivity contribution in [3.8, 4) is 0 Å². The van der Waals surface area contributed by atoms with E-state index in [4.69, 9.17) is 0 Å². The molecule has 8 nitrogen and oxygen atoms in total. The molecule has 0 saturated heterocycles. The van der Waals surface area contributed by atoms with Crippen LogP contribution in [0.3, 0.4) is 0 Å². The van der Waals surface area contributed by atoms with E-state index < -0.39 is 5.60 Å². The molecule has 3 heterocycles. The van der Waals surface area contributed by atoms with Crippen molar-refractivity contribution >= 4 is 11.6 Å². The van der Waals surface area contributed by atoms with Crippen LogP contribution >= 0.6 is 0 Å². The van der Waals surface area contributed by atoms with Crippen molar-refractivity contribution < 1.29 is 15.0 Å². The molecule has 4 rings (SSSR count). The highest BCUT2D eigenvalue weighted by molar-refractivity contribution is 5.82. The van der Waals surface area contributed by atoms with Crippen LogP contribution in [-0.2, 0) is 10.4 Å². The van der Waals surface area contributed by atoms with Crippen LogP contribution < -0.4 is 16.0 Å². The number of carbonyl (C=O) groups excluding carboxylic acids is 1. The summed E-state index contributed by atoms with van der Waals surface area (Å²) < 4.78 is 0. The van der Waals surface area contributed by atoms with Gasteiger partial charge in [-0.05, 0) is 51.7 Å². The normalized spacial score (nSPS) is 25.4. The predicted octanol–water partition coefficient (Wildman–Crippen LogP) is 0.662. The lowest BCUT2D eigenvalue weighted by Gasteiger charge is -2.41. The highest BCUT2D eigenvalue weighted by atomic mass is 16.3. The Labute approximate surface area is 164 Å². The molecule has 1 fully saturated rings. The van der Waals surface area contributed by atoms with Crippen LogP contribution in [-0.4, -0.2) is 44.7 Å². The Morgan fingerprint density at radius 3 is 2.57 bits per heavy atom. The van der Waals surface area contributed by atoms with Crippen LogP contribution in [0.2, 0.25) is 0 Å². The topological polar surface area (TPSA) is 110 Å². The number of pyridine rings is 1. The van der Waals surface area contributed by atoms with Crippen LogP contribution in [0, 0.1) is 0 Å². The third-order valence-corrected chi connectivity index (χ3v) is 5.46. The number of rotatable bonds is 3. The largest absolute Gasteiger partial charge is 0.393 e. The number of amides is 1. The molecule has 0 bridgehead atoms. The summed E-state index contributed by atoms with van der Waals surface area (Å²) in [5.41, 5.74) is 1.28. The molecule has 0 aromatic carbocycles. The Morgan fingerprint density at radius 1 is 1.18 bits per heavy atom. The van der Waals surface area contributed by atoms with Crippen LogP contribution in [0.15, 0.2) is 36.2 Å². The number of carbonyl (C=O) groups is 1. The quantitative estimate of drug-likeness (QED) is 0.520. The van der Waals surface area contributed by atoms with Crippen LogP contribution in [0.5, 0.6) is 0 Å². The van der Waals surface area contributed by atoms with Crippen LogP contribution in [0.1, 0.15) is 50.8 Å². The number of nitrogens with one attached hydrogen (secondary N) is 3. The van der Waals surface area contributed by atoms with Gasteiger partial charge < -0.3 is 31.1 Å². The molecule has 0 unspecified atom stereocenters. The molecular weight excluding hydrogens is 358 g/mol. The molecule has 5 N–H and O–H groups in total. The van der Waals surface area contributed by atoms with Crippen LogP contribution in [0.25, 0.3) is 5.70 Å². The highest BCUT2D eigenvalue weighted by Crippen LogP contribution is 2.31. The van der Waals surface area contributed by atoms with Gasteiger partial charge in [0.1, 0.15) is 11.4 Å². The Bertz CT molecular complexity index is 817. The second-order valence-corrected chi connectivity index (χ2v) is 8.15. The molecule has 0 spiro atoms. The lowest BCUT2D eigenvalue weighted by Crippen LogP contribution is -2.53.